The van der Waals surface area contributed by atoms with Gasteiger partial charge in [0.15, 0.2) is 0 Å². The molecular weight excluding hydrogens is 314 g/mol. The summed E-state index contributed by atoms with van der Waals surface area (Å²) in [4.78, 5) is 35.1. The number of hydrogen-bond acceptors (Lipinski definition) is 6. The maximum absolute atomic E-state index is 12.2. The second-order valence-corrected chi connectivity index (χ2v) is 5.38. The van der Waals surface area contributed by atoms with Gasteiger partial charge in [-0.1, -0.05) is 6.92 Å². The highest BCUT2D eigenvalue weighted by Gasteiger charge is 2.17. The van der Waals surface area contributed by atoms with E-state index in [1.807, 2.05) is 0 Å². The van der Waals surface area contributed by atoms with Crippen LogP contribution in [0.3, 0.4) is 0 Å². The number of aliphatic carboxylic acids is 1. The number of ether oxygens (including phenoxy) is 1. The Morgan fingerprint density at radius 3 is 2.67 bits per heavy atom. The third-order valence-corrected chi connectivity index (χ3v) is 3.86. The average molecular weight is 332 g/mol. The molecule has 7 heteroatoms. The molecule has 1 N–H and O–H groups in total. The van der Waals surface area contributed by atoms with E-state index in [0.717, 1.165) is 0 Å². The summed E-state index contributed by atoms with van der Waals surface area (Å²) in [6, 6.07) is 3.97. The van der Waals surface area contributed by atoms with Crippen LogP contribution in [-0.2, 0) is 16.0 Å². The van der Waals surface area contributed by atoms with E-state index in [4.69, 9.17) is 9.15 Å². The standard InChI is InChI=1S/C17H19NO6/c1-4-13(16(20)21)18-15(19)8-12-9(2)11-6-5-10(23-3)7-14(11)24-17(12)22/h5-7,13H,4,8H2,1-3H3,(H,18,19)(H,20,21)/p-1/t13-/m1/s1. The predicted molar refractivity (Wildman–Crippen MR) is 84.7 cm³/mol. The van der Waals surface area contributed by atoms with Gasteiger partial charge in [0.1, 0.15) is 11.3 Å². The minimum atomic E-state index is -1.36. The molecule has 1 amide bonds. The first-order valence-corrected chi connectivity index (χ1v) is 7.47. The highest BCUT2D eigenvalue weighted by Crippen LogP contribution is 2.24. The van der Waals surface area contributed by atoms with Crippen LogP contribution in [0.1, 0.15) is 24.5 Å². The van der Waals surface area contributed by atoms with Gasteiger partial charge in [0.05, 0.1) is 31.1 Å². The summed E-state index contributed by atoms with van der Waals surface area (Å²) in [5.74, 6) is -1.38. The Kier molecular flexibility index (Phi) is 5.23. The molecule has 1 aromatic heterocycles. The van der Waals surface area contributed by atoms with Crippen molar-refractivity contribution in [2.45, 2.75) is 32.7 Å². The molecule has 0 saturated heterocycles. The molecule has 0 aliphatic heterocycles. The number of amides is 1. The van der Waals surface area contributed by atoms with Gasteiger partial charge in [-0.25, -0.2) is 4.79 Å². The number of carboxylic acids is 1. The van der Waals surface area contributed by atoms with E-state index in [1.54, 1.807) is 32.0 Å². The van der Waals surface area contributed by atoms with Gasteiger partial charge in [-0.05, 0) is 31.0 Å². The Labute approximate surface area is 138 Å². The van der Waals surface area contributed by atoms with Crippen molar-refractivity contribution in [3.63, 3.8) is 0 Å². The summed E-state index contributed by atoms with van der Waals surface area (Å²) in [5, 5.41) is 13.9. The monoisotopic (exact) mass is 332 g/mol. The van der Waals surface area contributed by atoms with Gasteiger partial charge in [0, 0.05) is 11.5 Å². The zero-order valence-corrected chi connectivity index (χ0v) is 13.7. The Bertz CT molecular complexity index is 839. The number of rotatable bonds is 6. The number of carbonyl (C=O) groups excluding carboxylic acids is 2. The zero-order valence-electron chi connectivity index (χ0n) is 13.7. The maximum atomic E-state index is 12.2. The van der Waals surface area contributed by atoms with Crippen LogP contribution in [0.25, 0.3) is 11.0 Å². The molecule has 0 fully saturated rings. The number of carboxylic acid groups (broad SMARTS) is 1. The quantitative estimate of drug-likeness (QED) is 0.762. The second kappa shape index (κ2) is 7.16. The van der Waals surface area contributed by atoms with Gasteiger partial charge < -0.3 is 24.4 Å². The van der Waals surface area contributed by atoms with Crippen LogP contribution < -0.4 is 20.8 Å². The van der Waals surface area contributed by atoms with Crippen molar-refractivity contribution in [1.82, 2.24) is 5.32 Å². The molecule has 2 rings (SSSR count). The molecular formula is C17H18NO6-. The molecule has 1 aromatic carbocycles. The minimum Gasteiger partial charge on any atom is -0.548 e. The van der Waals surface area contributed by atoms with E-state index in [-0.39, 0.29) is 18.4 Å². The second-order valence-electron chi connectivity index (χ2n) is 5.38. The summed E-state index contributed by atoms with van der Waals surface area (Å²) < 4.78 is 10.3. The van der Waals surface area contributed by atoms with E-state index in [1.165, 1.54) is 7.11 Å². The van der Waals surface area contributed by atoms with Crippen molar-refractivity contribution >= 4 is 22.8 Å². The first kappa shape index (κ1) is 17.5. The van der Waals surface area contributed by atoms with Crippen LogP contribution in [0.4, 0.5) is 0 Å². The van der Waals surface area contributed by atoms with E-state index in [0.29, 0.717) is 22.3 Å². The fraction of sp³-hybridized carbons (Fsp3) is 0.353. The van der Waals surface area contributed by atoms with Crippen LogP contribution in [0.15, 0.2) is 27.4 Å². The molecule has 0 unspecified atom stereocenters. The Hall–Kier alpha value is -2.83. The van der Waals surface area contributed by atoms with Crippen molar-refractivity contribution < 1.29 is 23.8 Å². The first-order chi connectivity index (χ1) is 11.4. The lowest BCUT2D eigenvalue weighted by Crippen LogP contribution is -2.48. The van der Waals surface area contributed by atoms with E-state index in [9.17, 15) is 19.5 Å². The number of hydrogen-bond donors (Lipinski definition) is 1. The molecule has 2 aromatic rings. The van der Waals surface area contributed by atoms with Crippen LogP contribution in [-0.4, -0.2) is 25.0 Å². The van der Waals surface area contributed by atoms with Crippen LogP contribution in [0.2, 0.25) is 0 Å². The third kappa shape index (κ3) is 3.56. The first-order valence-electron chi connectivity index (χ1n) is 7.47. The third-order valence-electron chi connectivity index (χ3n) is 3.86. The molecule has 1 atom stereocenters. The van der Waals surface area contributed by atoms with Gasteiger partial charge in [0.2, 0.25) is 5.91 Å². The molecule has 1 heterocycles. The molecule has 0 radical (unpaired) electrons. The van der Waals surface area contributed by atoms with Crippen LogP contribution in [0.5, 0.6) is 5.75 Å². The molecule has 7 nitrogen and oxygen atoms in total. The van der Waals surface area contributed by atoms with Gasteiger partial charge in [-0.3, -0.25) is 4.79 Å². The zero-order chi connectivity index (χ0) is 17.9. The van der Waals surface area contributed by atoms with Crippen molar-refractivity contribution in [2.75, 3.05) is 7.11 Å². The molecule has 0 aliphatic rings. The number of aryl methyl sites for hydroxylation is 1. The smallest absolute Gasteiger partial charge is 0.340 e. The molecule has 0 saturated carbocycles. The van der Waals surface area contributed by atoms with Gasteiger partial charge in [0.25, 0.3) is 0 Å². The SMILES string of the molecule is CC[C@@H](NC(=O)Cc1c(C)c2ccc(OC)cc2oc1=O)C(=O)[O-]. The normalized spacial score (nSPS) is 12.0. The van der Waals surface area contributed by atoms with Gasteiger partial charge in [-0.2, -0.15) is 0 Å². The Morgan fingerprint density at radius 1 is 1.38 bits per heavy atom. The largest absolute Gasteiger partial charge is 0.548 e. The lowest BCUT2D eigenvalue weighted by Gasteiger charge is -2.18. The number of benzene rings is 1. The van der Waals surface area contributed by atoms with Crippen molar-refractivity contribution in [3.8, 4) is 5.75 Å². The predicted octanol–water partition coefficient (Wildman–Crippen LogP) is 0.297. The molecule has 0 spiro atoms. The number of methoxy groups -OCH3 is 1. The van der Waals surface area contributed by atoms with Crippen molar-refractivity contribution in [1.29, 1.82) is 0 Å². The van der Waals surface area contributed by atoms with Crippen molar-refractivity contribution in [3.05, 3.63) is 39.7 Å². The summed E-state index contributed by atoms with van der Waals surface area (Å²) >= 11 is 0. The highest BCUT2D eigenvalue weighted by atomic mass is 16.5. The van der Waals surface area contributed by atoms with E-state index < -0.39 is 23.5 Å². The highest BCUT2D eigenvalue weighted by molar-refractivity contribution is 5.87. The number of fused-ring (bicyclic) bond motifs is 1. The summed E-state index contributed by atoms with van der Waals surface area (Å²) in [7, 11) is 1.51. The average Bonchev–Trinajstić information content (AvgIpc) is 2.55. The lowest BCUT2D eigenvalue weighted by atomic mass is 10.0. The fourth-order valence-electron chi connectivity index (χ4n) is 2.44. The van der Waals surface area contributed by atoms with Gasteiger partial charge >= 0.3 is 5.63 Å². The van der Waals surface area contributed by atoms with E-state index in [2.05, 4.69) is 5.32 Å². The number of nitrogens with one attached hydrogen (secondary N) is 1. The molecule has 128 valence electrons. The summed E-state index contributed by atoms with van der Waals surface area (Å²) in [5.41, 5.74) is 0.533. The fourth-order valence-corrected chi connectivity index (χ4v) is 2.44. The molecule has 0 bridgehead atoms. The van der Waals surface area contributed by atoms with Crippen LogP contribution >= 0.6 is 0 Å². The topological polar surface area (TPSA) is 109 Å². The van der Waals surface area contributed by atoms with E-state index >= 15 is 0 Å². The van der Waals surface area contributed by atoms with Gasteiger partial charge in [-0.15, -0.1) is 0 Å². The molecule has 0 aliphatic carbocycles. The number of carbonyl (C=O) groups is 2. The van der Waals surface area contributed by atoms with Crippen LogP contribution in [0, 0.1) is 6.92 Å². The summed E-state index contributed by atoms with van der Waals surface area (Å²) in [6.45, 7) is 3.33. The minimum absolute atomic E-state index is 0.193. The summed E-state index contributed by atoms with van der Waals surface area (Å²) in [6.07, 6.45) is -0.0703. The lowest BCUT2D eigenvalue weighted by molar-refractivity contribution is -0.308. The van der Waals surface area contributed by atoms with Crippen molar-refractivity contribution in [2.24, 2.45) is 0 Å². The molecule has 24 heavy (non-hydrogen) atoms. The Balaban J connectivity index is 2.34. The maximum Gasteiger partial charge on any atom is 0.340 e. The Morgan fingerprint density at radius 2 is 2.08 bits per heavy atom.